The molecule has 0 aliphatic carbocycles. The minimum Gasteiger partial charge on any atom is -0.390 e. The number of hydrogen-bond donors (Lipinski definition) is 2. The molecular weight excluding hydrogens is 469 g/mol. The number of aliphatic hydroxyl groups is 1. The summed E-state index contributed by atoms with van der Waals surface area (Å²) in [4.78, 5) is 26.1. The van der Waals surface area contributed by atoms with Crippen LogP contribution >= 0.6 is 20.1 Å². The molecule has 0 spiro atoms. The van der Waals surface area contributed by atoms with Crippen molar-refractivity contribution in [1.82, 2.24) is 14.2 Å². The maximum atomic E-state index is 12.2. The second kappa shape index (κ2) is 12.8. The maximum absolute atomic E-state index is 12.2. The summed E-state index contributed by atoms with van der Waals surface area (Å²) < 4.78 is 21.4. The summed E-state index contributed by atoms with van der Waals surface area (Å²) in [5.74, 6) is 0.602. The molecule has 4 atom stereocenters. The lowest BCUT2D eigenvalue weighted by molar-refractivity contribution is -0.0428. The molecule has 0 amide bonds. The highest BCUT2D eigenvalue weighted by Crippen LogP contribution is 2.43. The van der Waals surface area contributed by atoms with Crippen molar-refractivity contribution in [2.45, 2.75) is 51.2 Å². The molecule has 1 saturated heterocycles. The van der Waals surface area contributed by atoms with Crippen molar-refractivity contribution in [2.24, 2.45) is 0 Å². The molecule has 0 bridgehead atoms. The summed E-state index contributed by atoms with van der Waals surface area (Å²) in [5, 5.41) is 10.5. The molecule has 1 aromatic carbocycles. The molecule has 1 aliphatic heterocycles. The zero-order valence-electron chi connectivity index (χ0n) is 18.9. The smallest absolute Gasteiger partial charge is 0.330 e. The summed E-state index contributed by atoms with van der Waals surface area (Å²) in [6.07, 6.45) is 1.34. The first kappa shape index (κ1) is 26.0. The van der Waals surface area contributed by atoms with Crippen LogP contribution in [0.2, 0.25) is 0 Å². The highest BCUT2D eigenvalue weighted by molar-refractivity contribution is 7.44. The molecule has 11 heteroatoms. The van der Waals surface area contributed by atoms with E-state index in [1.807, 2.05) is 42.0 Å². The van der Waals surface area contributed by atoms with E-state index in [-0.39, 0.29) is 13.0 Å². The highest BCUT2D eigenvalue weighted by Gasteiger charge is 2.36. The number of benzene rings is 1. The van der Waals surface area contributed by atoms with Gasteiger partial charge in [-0.3, -0.25) is 14.3 Å². The van der Waals surface area contributed by atoms with E-state index in [4.69, 9.17) is 25.4 Å². The minimum atomic E-state index is -1.40. The Morgan fingerprint density at radius 3 is 2.76 bits per heavy atom. The number of H-pyrrole nitrogens is 1. The van der Waals surface area contributed by atoms with Gasteiger partial charge in [0.2, 0.25) is 0 Å². The van der Waals surface area contributed by atoms with Crippen molar-refractivity contribution < 1.29 is 18.9 Å². The molecule has 0 saturated carbocycles. The Hall–Kier alpha value is -1.58. The predicted molar refractivity (Wildman–Crippen MR) is 127 cm³/mol. The standard InChI is InChI=1S/C22H31ClN3O6P/c1-16-13-26(22(29)24-21(16)28)20-12-18(27)19(32-20)15-31-33(25(2)11-7-6-10-23)30-14-17-8-4-3-5-9-17/h3-5,8-9,13,18-20,27H,6-7,10-12,14-15H2,1-2H3,(H,24,28,29)/t18-,19+,20+,33?/m0/s1. The molecular formula is C22H31ClN3O6P. The monoisotopic (exact) mass is 499 g/mol. The zero-order chi connectivity index (χ0) is 23.8. The van der Waals surface area contributed by atoms with Crippen molar-refractivity contribution in [2.75, 3.05) is 26.1 Å². The van der Waals surface area contributed by atoms with Crippen LogP contribution in [0.1, 0.15) is 36.6 Å². The molecule has 2 N–H and O–H groups in total. The maximum Gasteiger partial charge on any atom is 0.330 e. The van der Waals surface area contributed by atoms with Crippen molar-refractivity contribution in [3.63, 3.8) is 0 Å². The average Bonchev–Trinajstić information content (AvgIpc) is 3.17. The van der Waals surface area contributed by atoms with Gasteiger partial charge in [0.25, 0.3) is 14.1 Å². The van der Waals surface area contributed by atoms with Crippen molar-refractivity contribution in [3.8, 4) is 0 Å². The fourth-order valence-corrected chi connectivity index (χ4v) is 4.92. The van der Waals surface area contributed by atoms with Gasteiger partial charge in [0.1, 0.15) is 12.3 Å². The lowest BCUT2D eigenvalue weighted by atomic mass is 10.2. The first-order valence-electron chi connectivity index (χ1n) is 10.9. The Kier molecular flexibility index (Phi) is 10.1. The number of aromatic nitrogens is 2. The third-order valence-corrected chi connectivity index (χ3v) is 7.08. The summed E-state index contributed by atoms with van der Waals surface area (Å²) in [6.45, 7) is 2.87. The lowest BCUT2D eigenvalue weighted by Crippen LogP contribution is -2.33. The van der Waals surface area contributed by atoms with Crippen LogP contribution in [-0.2, 0) is 20.4 Å². The number of aliphatic hydroxyl groups excluding tert-OH is 1. The summed E-state index contributed by atoms with van der Waals surface area (Å²) >= 11 is 5.80. The molecule has 1 fully saturated rings. The fourth-order valence-electron chi connectivity index (χ4n) is 3.43. The highest BCUT2D eigenvalue weighted by atomic mass is 35.5. The number of aromatic amines is 1. The van der Waals surface area contributed by atoms with Gasteiger partial charge in [-0.25, -0.2) is 9.46 Å². The van der Waals surface area contributed by atoms with E-state index < -0.39 is 38.2 Å². The topological polar surface area (TPSA) is 106 Å². The van der Waals surface area contributed by atoms with Crippen LogP contribution < -0.4 is 11.2 Å². The molecule has 2 aromatic rings. The molecule has 1 aliphatic rings. The van der Waals surface area contributed by atoms with Crippen LogP contribution in [0.25, 0.3) is 0 Å². The van der Waals surface area contributed by atoms with E-state index in [0.717, 1.165) is 24.9 Å². The molecule has 2 heterocycles. The van der Waals surface area contributed by atoms with E-state index in [2.05, 4.69) is 4.98 Å². The summed E-state index contributed by atoms with van der Waals surface area (Å²) in [6, 6.07) is 9.83. The van der Waals surface area contributed by atoms with Crippen LogP contribution in [-0.4, -0.2) is 57.6 Å². The fraction of sp³-hybridized carbons (Fsp3) is 0.545. The largest absolute Gasteiger partial charge is 0.390 e. The molecule has 0 radical (unpaired) electrons. The molecule has 182 valence electrons. The van der Waals surface area contributed by atoms with Gasteiger partial charge in [-0.15, -0.1) is 11.6 Å². The number of nitrogens with zero attached hydrogens (tertiary/aromatic N) is 2. The third-order valence-electron chi connectivity index (χ3n) is 5.34. The lowest BCUT2D eigenvalue weighted by Gasteiger charge is -2.27. The Bertz CT molecular complexity index is 988. The van der Waals surface area contributed by atoms with Crippen LogP contribution in [0.5, 0.6) is 0 Å². The normalized spacial score (nSPS) is 21.5. The van der Waals surface area contributed by atoms with Crippen LogP contribution in [0, 0.1) is 6.92 Å². The van der Waals surface area contributed by atoms with Gasteiger partial charge in [-0.05, 0) is 32.4 Å². The Labute approximate surface area is 199 Å². The van der Waals surface area contributed by atoms with Gasteiger partial charge in [0.05, 0.1) is 19.3 Å². The van der Waals surface area contributed by atoms with Crippen LogP contribution in [0.15, 0.2) is 46.1 Å². The zero-order valence-corrected chi connectivity index (χ0v) is 20.5. The molecule has 33 heavy (non-hydrogen) atoms. The van der Waals surface area contributed by atoms with Gasteiger partial charge in [0.15, 0.2) is 0 Å². The number of alkyl halides is 1. The quantitative estimate of drug-likeness (QED) is 0.263. The van der Waals surface area contributed by atoms with Crippen LogP contribution in [0.3, 0.4) is 0 Å². The Balaban J connectivity index is 1.61. The number of hydrogen-bond acceptors (Lipinski definition) is 7. The molecule has 3 rings (SSSR count). The number of unbranched alkanes of at least 4 members (excludes halogenated alkanes) is 1. The second-order valence-electron chi connectivity index (χ2n) is 7.98. The first-order valence-corrected chi connectivity index (χ1v) is 12.6. The van der Waals surface area contributed by atoms with Gasteiger partial charge in [0, 0.05) is 30.6 Å². The Morgan fingerprint density at radius 1 is 1.27 bits per heavy atom. The van der Waals surface area contributed by atoms with Gasteiger partial charge >= 0.3 is 5.69 Å². The van der Waals surface area contributed by atoms with Crippen molar-refractivity contribution in [3.05, 3.63) is 68.5 Å². The second-order valence-corrected chi connectivity index (χ2v) is 10.0. The SMILES string of the molecule is Cc1cn([C@H]2C[C@H](O)[C@@H](COP(OCc3ccccc3)N(C)CCCCCl)O2)c(=O)[nH]c1=O. The number of aryl methyl sites for hydroxylation is 1. The Morgan fingerprint density at radius 2 is 2.03 bits per heavy atom. The van der Waals surface area contributed by atoms with Crippen LogP contribution in [0.4, 0.5) is 0 Å². The van der Waals surface area contributed by atoms with Gasteiger partial charge < -0.3 is 18.9 Å². The minimum absolute atomic E-state index is 0.106. The summed E-state index contributed by atoms with van der Waals surface area (Å²) in [5.41, 5.74) is 0.418. The van der Waals surface area contributed by atoms with Gasteiger partial charge in [-0.2, -0.15) is 0 Å². The predicted octanol–water partition coefficient (Wildman–Crippen LogP) is 2.90. The third kappa shape index (κ3) is 7.45. The number of nitrogens with one attached hydrogen (secondary N) is 1. The summed E-state index contributed by atoms with van der Waals surface area (Å²) in [7, 11) is 0.534. The molecule has 1 unspecified atom stereocenters. The van der Waals surface area contributed by atoms with E-state index in [1.54, 1.807) is 6.92 Å². The number of halogens is 1. The number of ether oxygens (including phenoxy) is 1. The van der Waals surface area contributed by atoms with E-state index in [0.29, 0.717) is 18.1 Å². The van der Waals surface area contributed by atoms with Crippen molar-refractivity contribution in [1.29, 1.82) is 0 Å². The van der Waals surface area contributed by atoms with Crippen molar-refractivity contribution >= 4 is 20.1 Å². The molecule has 9 nitrogen and oxygen atoms in total. The molecule has 1 aromatic heterocycles. The van der Waals surface area contributed by atoms with E-state index in [9.17, 15) is 14.7 Å². The number of rotatable bonds is 12. The van der Waals surface area contributed by atoms with E-state index >= 15 is 0 Å². The first-order chi connectivity index (χ1) is 15.9. The van der Waals surface area contributed by atoms with E-state index in [1.165, 1.54) is 10.8 Å². The van der Waals surface area contributed by atoms with Gasteiger partial charge in [-0.1, -0.05) is 30.3 Å². The average molecular weight is 500 g/mol.